The third-order valence-corrected chi connectivity index (χ3v) is 3.19. The molecule has 0 spiro atoms. The molecule has 2 rings (SSSR count). The average molecular weight is 219 g/mol. The van der Waals surface area contributed by atoms with Crippen molar-refractivity contribution in [1.29, 1.82) is 0 Å². The molecule has 0 unspecified atom stereocenters. The fourth-order valence-electron chi connectivity index (χ4n) is 2.18. The summed E-state index contributed by atoms with van der Waals surface area (Å²) in [7, 11) is 0. The molecule has 1 aliphatic rings. The molecule has 0 heterocycles. The number of hydrogen-bond acceptors (Lipinski definition) is 2. The van der Waals surface area contributed by atoms with E-state index >= 15 is 0 Å². The largest absolute Gasteiger partial charge is 0.477 e. The summed E-state index contributed by atoms with van der Waals surface area (Å²) in [6.45, 7) is 2.02. The van der Waals surface area contributed by atoms with E-state index in [-0.39, 0.29) is 5.91 Å². The zero-order chi connectivity index (χ0) is 11.6. The lowest BCUT2D eigenvalue weighted by molar-refractivity contribution is -0.132. The molecule has 1 aromatic carbocycles. The molecule has 0 aliphatic heterocycles. The van der Waals surface area contributed by atoms with Crippen LogP contribution in [0.25, 0.3) is 0 Å². The van der Waals surface area contributed by atoms with Crippen molar-refractivity contribution in [2.24, 2.45) is 5.73 Å². The Morgan fingerprint density at radius 2 is 1.81 bits per heavy atom. The molecular formula is C13H17NO2. The van der Waals surface area contributed by atoms with Gasteiger partial charge in [0, 0.05) is 0 Å². The molecular weight excluding hydrogens is 202 g/mol. The van der Waals surface area contributed by atoms with Gasteiger partial charge < -0.3 is 10.5 Å². The Morgan fingerprint density at radius 1 is 1.25 bits per heavy atom. The minimum Gasteiger partial charge on any atom is -0.477 e. The fourth-order valence-corrected chi connectivity index (χ4v) is 2.18. The van der Waals surface area contributed by atoms with Crippen molar-refractivity contribution in [3.63, 3.8) is 0 Å². The molecule has 0 bridgehead atoms. The van der Waals surface area contributed by atoms with Crippen molar-refractivity contribution < 1.29 is 9.53 Å². The number of carbonyl (C=O) groups excluding carboxylic acids is 1. The normalized spacial score (nSPS) is 18.3. The van der Waals surface area contributed by atoms with Crippen LogP contribution in [-0.2, 0) is 4.79 Å². The first-order chi connectivity index (χ1) is 7.62. The number of nitrogens with two attached hydrogens (primary N) is 1. The molecule has 3 heteroatoms. The van der Waals surface area contributed by atoms with Gasteiger partial charge in [0.15, 0.2) is 5.60 Å². The number of rotatable bonds is 3. The van der Waals surface area contributed by atoms with E-state index in [4.69, 9.17) is 10.5 Å². The van der Waals surface area contributed by atoms with Gasteiger partial charge in [-0.2, -0.15) is 0 Å². The van der Waals surface area contributed by atoms with Gasteiger partial charge in [0.05, 0.1) is 0 Å². The predicted molar refractivity (Wildman–Crippen MR) is 62.2 cm³/mol. The molecule has 0 atom stereocenters. The molecule has 1 aliphatic carbocycles. The lowest BCUT2D eigenvalue weighted by Gasteiger charge is -2.26. The molecule has 1 fully saturated rings. The number of benzene rings is 1. The Morgan fingerprint density at radius 3 is 2.31 bits per heavy atom. The highest BCUT2D eigenvalue weighted by Gasteiger charge is 2.41. The molecule has 0 saturated heterocycles. The topological polar surface area (TPSA) is 52.3 Å². The van der Waals surface area contributed by atoms with Gasteiger partial charge in [0.2, 0.25) is 0 Å². The number of aryl methyl sites for hydroxylation is 1. The maximum absolute atomic E-state index is 11.5. The standard InChI is InChI=1S/C13H17NO2/c1-10-4-6-11(7-5-10)16-13(12(14)15)8-2-3-9-13/h4-7H,2-3,8-9H2,1H3,(H2,14,15). The monoisotopic (exact) mass is 219 g/mol. The molecule has 1 saturated carbocycles. The average Bonchev–Trinajstić information content (AvgIpc) is 2.71. The summed E-state index contributed by atoms with van der Waals surface area (Å²) in [5, 5.41) is 0. The van der Waals surface area contributed by atoms with Gasteiger partial charge in [-0.1, -0.05) is 17.7 Å². The minimum atomic E-state index is -0.769. The smallest absolute Gasteiger partial charge is 0.261 e. The van der Waals surface area contributed by atoms with Crippen LogP contribution in [0.5, 0.6) is 5.75 Å². The van der Waals surface area contributed by atoms with Crippen LogP contribution in [0.4, 0.5) is 0 Å². The van der Waals surface area contributed by atoms with E-state index in [1.54, 1.807) is 0 Å². The first-order valence-electron chi connectivity index (χ1n) is 5.68. The van der Waals surface area contributed by atoms with Crippen molar-refractivity contribution in [2.45, 2.75) is 38.2 Å². The van der Waals surface area contributed by atoms with E-state index < -0.39 is 5.60 Å². The third-order valence-electron chi connectivity index (χ3n) is 3.19. The van der Waals surface area contributed by atoms with Crippen LogP contribution >= 0.6 is 0 Å². The zero-order valence-corrected chi connectivity index (χ0v) is 9.53. The quantitative estimate of drug-likeness (QED) is 0.847. The number of carbonyl (C=O) groups is 1. The second-order valence-electron chi connectivity index (χ2n) is 4.48. The highest BCUT2D eigenvalue weighted by molar-refractivity contribution is 5.84. The van der Waals surface area contributed by atoms with Crippen LogP contribution in [0, 0.1) is 6.92 Å². The predicted octanol–water partition coefficient (Wildman–Crippen LogP) is 2.17. The summed E-state index contributed by atoms with van der Waals surface area (Å²) >= 11 is 0. The highest BCUT2D eigenvalue weighted by Crippen LogP contribution is 2.34. The summed E-state index contributed by atoms with van der Waals surface area (Å²) in [5.41, 5.74) is 5.85. The van der Waals surface area contributed by atoms with E-state index in [1.165, 1.54) is 5.56 Å². The number of amides is 1. The summed E-state index contributed by atoms with van der Waals surface area (Å²) in [4.78, 5) is 11.5. The molecule has 0 radical (unpaired) electrons. The summed E-state index contributed by atoms with van der Waals surface area (Å²) < 4.78 is 5.80. The van der Waals surface area contributed by atoms with Gasteiger partial charge in [0.25, 0.3) is 5.91 Å². The van der Waals surface area contributed by atoms with Crippen molar-refractivity contribution in [1.82, 2.24) is 0 Å². The van der Waals surface area contributed by atoms with Gasteiger partial charge in [-0.25, -0.2) is 0 Å². The Kier molecular flexibility index (Phi) is 2.86. The van der Waals surface area contributed by atoms with E-state index in [0.29, 0.717) is 0 Å². The van der Waals surface area contributed by atoms with E-state index in [9.17, 15) is 4.79 Å². The minimum absolute atomic E-state index is 0.342. The second-order valence-corrected chi connectivity index (χ2v) is 4.48. The van der Waals surface area contributed by atoms with Gasteiger partial charge in [0.1, 0.15) is 5.75 Å². The van der Waals surface area contributed by atoms with Crippen LogP contribution in [0.15, 0.2) is 24.3 Å². The molecule has 1 aromatic rings. The Hall–Kier alpha value is -1.51. The number of hydrogen-bond donors (Lipinski definition) is 1. The van der Waals surface area contributed by atoms with E-state index in [0.717, 1.165) is 31.4 Å². The van der Waals surface area contributed by atoms with Crippen molar-refractivity contribution in [2.75, 3.05) is 0 Å². The van der Waals surface area contributed by atoms with Gasteiger partial charge in [-0.05, 0) is 44.7 Å². The third kappa shape index (κ3) is 2.03. The molecule has 0 aromatic heterocycles. The maximum Gasteiger partial charge on any atom is 0.261 e. The fraction of sp³-hybridized carbons (Fsp3) is 0.462. The molecule has 2 N–H and O–H groups in total. The summed E-state index contributed by atoms with van der Waals surface area (Å²) in [5.74, 6) is 0.386. The summed E-state index contributed by atoms with van der Waals surface area (Å²) in [6, 6.07) is 7.72. The highest BCUT2D eigenvalue weighted by atomic mass is 16.5. The first-order valence-corrected chi connectivity index (χ1v) is 5.68. The van der Waals surface area contributed by atoms with Crippen molar-refractivity contribution in [3.05, 3.63) is 29.8 Å². The van der Waals surface area contributed by atoms with Crippen LogP contribution in [-0.4, -0.2) is 11.5 Å². The molecule has 1 amide bonds. The molecule has 16 heavy (non-hydrogen) atoms. The SMILES string of the molecule is Cc1ccc(OC2(C(N)=O)CCCC2)cc1. The van der Waals surface area contributed by atoms with Crippen LogP contribution in [0.2, 0.25) is 0 Å². The van der Waals surface area contributed by atoms with Crippen LogP contribution in [0.3, 0.4) is 0 Å². The Labute approximate surface area is 95.6 Å². The molecule has 86 valence electrons. The maximum atomic E-state index is 11.5. The summed E-state index contributed by atoms with van der Waals surface area (Å²) in [6.07, 6.45) is 3.48. The lowest BCUT2D eigenvalue weighted by Crippen LogP contribution is -2.46. The van der Waals surface area contributed by atoms with Crippen molar-refractivity contribution >= 4 is 5.91 Å². The Balaban J connectivity index is 2.18. The zero-order valence-electron chi connectivity index (χ0n) is 9.53. The van der Waals surface area contributed by atoms with Gasteiger partial charge in [-0.15, -0.1) is 0 Å². The number of primary amides is 1. The van der Waals surface area contributed by atoms with E-state index in [1.807, 2.05) is 31.2 Å². The van der Waals surface area contributed by atoms with Crippen molar-refractivity contribution in [3.8, 4) is 5.75 Å². The number of ether oxygens (including phenoxy) is 1. The lowest BCUT2D eigenvalue weighted by atomic mass is 10.0. The second kappa shape index (κ2) is 4.16. The van der Waals surface area contributed by atoms with E-state index in [2.05, 4.69) is 0 Å². The first kappa shape index (κ1) is 11.0. The van der Waals surface area contributed by atoms with Crippen LogP contribution in [0.1, 0.15) is 31.2 Å². The Bertz CT molecular complexity index is 377. The van der Waals surface area contributed by atoms with Gasteiger partial charge >= 0.3 is 0 Å². The van der Waals surface area contributed by atoms with Crippen LogP contribution < -0.4 is 10.5 Å². The molecule has 3 nitrogen and oxygen atoms in total. The van der Waals surface area contributed by atoms with Gasteiger partial charge in [-0.3, -0.25) is 4.79 Å².